The summed E-state index contributed by atoms with van der Waals surface area (Å²) in [6.07, 6.45) is 1.33. The van der Waals surface area contributed by atoms with Crippen LogP contribution in [0.25, 0.3) is 0 Å². The third-order valence-electron chi connectivity index (χ3n) is 2.76. The topological polar surface area (TPSA) is 49.4 Å². The van der Waals surface area contributed by atoms with Gasteiger partial charge < -0.3 is 4.90 Å². The molecule has 1 rings (SSSR count). The first-order chi connectivity index (χ1) is 9.05. The van der Waals surface area contributed by atoms with Crippen molar-refractivity contribution in [1.82, 2.24) is 4.72 Å². The van der Waals surface area contributed by atoms with Gasteiger partial charge in [0, 0.05) is 31.7 Å². The van der Waals surface area contributed by atoms with E-state index in [1.54, 1.807) is 0 Å². The number of anilines is 1. The SMILES string of the molecule is CN(CCNS(=O)(=O)CCCCCl)c1ccccc1. The number of nitrogens with one attached hydrogen (secondary N) is 1. The van der Waals surface area contributed by atoms with Crippen LogP contribution in [0.2, 0.25) is 0 Å². The van der Waals surface area contributed by atoms with Crippen LogP contribution in [0.5, 0.6) is 0 Å². The molecule has 1 aromatic carbocycles. The molecular formula is C13H21ClN2O2S. The molecule has 0 atom stereocenters. The number of alkyl halides is 1. The number of benzene rings is 1. The summed E-state index contributed by atoms with van der Waals surface area (Å²) in [6, 6.07) is 9.87. The number of hydrogen-bond acceptors (Lipinski definition) is 3. The number of sulfonamides is 1. The Morgan fingerprint density at radius 1 is 1.21 bits per heavy atom. The van der Waals surface area contributed by atoms with Crippen LogP contribution in [0.1, 0.15) is 12.8 Å². The zero-order valence-electron chi connectivity index (χ0n) is 11.2. The minimum Gasteiger partial charge on any atom is -0.373 e. The van der Waals surface area contributed by atoms with Crippen LogP contribution >= 0.6 is 11.6 Å². The second-order valence-electron chi connectivity index (χ2n) is 4.37. The summed E-state index contributed by atoms with van der Waals surface area (Å²) in [5.41, 5.74) is 1.07. The van der Waals surface area contributed by atoms with Crippen molar-refractivity contribution in [2.45, 2.75) is 12.8 Å². The van der Waals surface area contributed by atoms with E-state index in [-0.39, 0.29) is 5.75 Å². The van der Waals surface area contributed by atoms with Gasteiger partial charge in [-0.25, -0.2) is 13.1 Å². The molecular weight excluding hydrogens is 284 g/mol. The zero-order valence-corrected chi connectivity index (χ0v) is 12.8. The van der Waals surface area contributed by atoms with E-state index in [0.717, 1.165) is 12.1 Å². The van der Waals surface area contributed by atoms with Crippen molar-refractivity contribution in [3.8, 4) is 0 Å². The largest absolute Gasteiger partial charge is 0.373 e. The van der Waals surface area contributed by atoms with Gasteiger partial charge >= 0.3 is 0 Å². The number of halogens is 1. The lowest BCUT2D eigenvalue weighted by Crippen LogP contribution is -2.34. The van der Waals surface area contributed by atoms with E-state index in [1.165, 1.54) is 0 Å². The van der Waals surface area contributed by atoms with Gasteiger partial charge in [0.1, 0.15) is 0 Å². The molecule has 0 aliphatic heterocycles. The second kappa shape index (κ2) is 8.40. The summed E-state index contributed by atoms with van der Waals surface area (Å²) in [4.78, 5) is 2.02. The molecule has 0 aliphatic rings. The highest BCUT2D eigenvalue weighted by Crippen LogP contribution is 2.09. The number of likely N-dealkylation sites (N-methyl/N-ethyl adjacent to an activating group) is 1. The van der Waals surface area contributed by atoms with E-state index in [2.05, 4.69) is 4.72 Å². The van der Waals surface area contributed by atoms with Crippen molar-refractivity contribution in [2.75, 3.05) is 36.7 Å². The standard InChI is InChI=1S/C13H21ClN2O2S/c1-16(13-7-3-2-4-8-13)11-10-15-19(17,18)12-6-5-9-14/h2-4,7-8,15H,5-6,9-12H2,1H3. The first kappa shape index (κ1) is 16.3. The number of nitrogens with zero attached hydrogens (tertiary/aromatic N) is 1. The first-order valence-corrected chi connectivity index (χ1v) is 8.53. The Morgan fingerprint density at radius 3 is 2.53 bits per heavy atom. The van der Waals surface area contributed by atoms with Crippen molar-refractivity contribution < 1.29 is 8.42 Å². The monoisotopic (exact) mass is 304 g/mol. The van der Waals surface area contributed by atoms with Crippen LogP contribution in [-0.2, 0) is 10.0 Å². The molecule has 0 aliphatic carbocycles. The molecule has 0 spiro atoms. The normalized spacial score (nSPS) is 11.5. The number of rotatable bonds is 9. The molecule has 0 saturated carbocycles. The second-order valence-corrected chi connectivity index (χ2v) is 6.67. The van der Waals surface area contributed by atoms with Gasteiger partial charge in [-0.15, -0.1) is 11.6 Å². The third-order valence-corrected chi connectivity index (χ3v) is 4.50. The first-order valence-electron chi connectivity index (χ1n) is 6.34. The predicted octanol–water partition coefficient (Wildman–Crippen LogP) is 2.06. The van der Waals surface area contributed by atoms with Gasteiger partial charge in [-0.2, -0.15) is 0 Å². The lowest BCUT2D eigenvalue weighted by Gasteiger charge is -2.19. The lowest BCUT2D eigenvalue weighted by atomic mass is 10.3. The molecule has 1 aromatic rings. The van der Waals surface area contributed by atoms with Gasteiger partial charge in [-0.3, -0.25) is 0 Å². The van der Waals surface area contributed by atoms with Crippen LogP contribution in [0, 0.1) is 0 Å². The molecule has 0 heterocycles. The fourth-order valence-electron chi connectivity index (χ4n) is 1.64. The Labute approximate surface area is 120 Å². The van der Waals surface area contributed by atoms with Gasteiger partial charge in [0.25, 0.3) is 0 Å². The van der Waals surface area contributed by atoms with Gasteiger partial charge in [0.15, 0.2) is 0 Å². The minimum absolute atomic E-state index is 0.148. The quantitative estimate of drug-likeness (QED) is 0.561. The van der Waals surface area contributed by atoms with Crippen molar-refractivity contribution in [3.63, 3.8) is 0 Å². The van der Waals surface area contributed by atoms with Gasteiger partial charge in [-0.05, 0) is 25.0 Å². The maximum atomic E-state index is 11.7. The van der Waals surface area contributed by atoms with Crippen molar-refractivity contribution in [2.24, 2.45) is 0 Å². The van der Waals surface area contributed by atoms with Crippen LogP contribution < -0.4 is 9.62 Å². The highest BCUT2D eigenvalue weighted by Gasteiger charge is 2.09. The van der Waals surface area contributed by atoms with Crippen molar-refractivity contribution in [3.05, 3.63) is 30.3 Å². The molecule has 0 radical (unpaired) electrons. The van der Waals surface area contributed by atoms with Crippen molar-refractivity contribution >= 4 is 27.3 Å². The Morgan fingerprint density at radius 2 is 1.89 bits per heavy atom. The highest BCUT2D eigenvalue weighted by atomic mass is 35.5. The fourth-order valence-corrected chi connectivity index (χ4v) is 2.96. The molecule has 108 valence electrons. The summed E-state index contributed by atoms with van der Waals surface area (Å²) in [5.74, 6) is 0.654. The molecule has 0 bridgehead atoms. The highest BCUT2D eigenvalue weighted by molar-refractivity contribution is 7.89. The van der Waals surface area contributed by atoms with Crippen molar-refractivity contribution in [1.29, 1.82) is 0 Å². The van der Waals surface area contributed by atoms with Gasteiger partial charge in [-0.1, -0.05) is 18.2 Å². The molecule has 0 amide bonds. The Hall–Kier alpha value is -0.780. The average molecular weight is 305 g/mol. The van der Waals surface area contributed by atoms with Gasteiger partial charge in [0.05, 0.1) is 5.75 Å². The maximum absolute atomic E-state index is 11.7. The Kier molecular flexibility index (Phi) is 7.20. The molecule has 19 heavy (non-hydrogen) atoms. The maximum Gasteiger partial charge on any atom is 0.211 e. The lowest BCUT2D eigenvalue weighted by molar-refractivity contribution is 0.578. The number of unbranched alkanes of at least 4 members (excludes halogenated alkanes) is 1. The van der Waals surface area contributed by atoms with Crippen LogP contribution in [0.4, 0.5) is 5.69 Å². The van der Waals surface area contributed by atoms with E-state index >= 15 is 0 Å². The average Bonchev–Trinajstić information content (AvgIpc) is 2.39. The zero-order chi connectivity index (χ0) is 14.1. The summed E-state index contributed by atoms with van der Waals surface area (Å²) in [7, 11) is -1.23. The molecule has 4 nitrogen and oxygen atoms in total. The van der Waals surface area contributed by atoms with Crippen LogP contribution in [0.15, 0.2) is 30.3 Å². The van der Waals surface area contributed by atoms with Crippen LogP contribution in [0.3, 0.4) is 0 Å². The van der Waals surface area contributed by atoms with E-state index in [4.69, 9.17) is 11.6 Å². The smallest absolute Gasteiger partial charge is 0.211 e. The summed E-state index contributed by atoms with van der Waals surface area (Å²) < 4.78 is 25.9. The summed E-state index contributed by atoms with van der Waals surface area (Å²) in [5, 5.41) is 0. The van der Waals surface area contributed by atoms with E-state index in [9.17, 15) is 8.42 Å². The summed E-state index contributed by atoms with van der Waals surface area (Å²) >= 11 is 5.52. The summed E-state index contributed by atoms with van der Waals surface area (Å²) in [6.45, 7) is 1.05. The van der Waals surface area contributed by atoms with Crippen LogP contribution in [-0.4, -0.2) is 40.2 Å². The Bertz CT molecular complexity index is 451. The molecule has 0 saturated heterocycles. The predicted molar refractivity (Wildman–Crippen MR) is 81.5 cm³/mol. The fraction of sp³-hybridized carbons (Fsp3) is 0.538. The van der Waals surface area contributed by atoms with E-state index < -0.39 is 10.0 Å². The molecule has 0 aromatic heterocycles. The number of hydrogen-bond donors (Lipinski definition) is 1. The van der Waals surface area contributed by atoms with E-state index in [0.29, 0.717) is 25.4 Å². The molecule has 1 N–H and O–H groups in total. The molecule has 0 unspecified atom stereocenters. The molecule has 6 heteroatoms. The van der Waals surface area contributed by atoms with E-state index in [1.807, 2.05) is 42.3 Å². The third kappa shape index (κ3) is 6.80. The minimum atomic E-state index is -3.17. The Balaban J connectivity index is 2.30. The molecule has 0 fully saturated rings. The van der Waals surface area contributed by atoms with Gasteiger partial charge in [0.2, 0.25) is 10.0 Å². The number of para-hydroxylation sites is 1.